The summed E-state index contributed by atoms with van der Waals surface area (Å²) in [4.78, 5) is 47.9. The van der Waals surface area contributed by atoms with Crippen molar-refractivity contribution in [1.82, 2.24) is 5.32 Å². The summed E-state index contributed by atoms with van der Waals surface area (Å²) in [5.41, 5.74) is 5.46. The first-order valence-corrected chi connectivity index (χ1v) is 8.09. The first-order chi connectivity index (χ1) is 13.5. The summed E-state index contributed by atoms with van der Waals surface area (Å²) < 4.78 is 55.5. The molecule has 4 N–H and O–H groups in total. The summed E-state index contributed by atoms with van der Waals surface area (Å²) in [6, 6.07) is 3.28. The second-order valence-corrected chi connectivity index (χ2v) is 5.87. The number of amides is 4. The van der Waals surface area contributed by atoms with Crippen LogP contribution in [0.1, 0.15) is 0 Å². The predicted molar refractivity (Wildman–Crippen MR) is 90.3 cm³/mol. The Hall–Kier alpha value is -3.22. The van der Waals surface area contributed by atoms with Crippen LogP contribution in [-0.4, -0.2) is 61.8 Å². The summed E-state index contributed by atoms with van der Waals surface area (Å²) in [6.07, 6.45) is -4.34. The van der Waals surface area contributed by atoms with Gasteiger partial charge in [-0.05, 0) is 24.3 Å². The zero-order valence-electron chi connectivity index (χ0n) is 14.7. The molecule has 2 rings (SSSR count). The SMILES string of the molecule is NC(=O)[C@H](NC(=O)C(F)(F)C(F)F)C(=O)Nc1ccc(N2CCOCC2=O)cc1. The standard InChI is InChI=1S/C16H16F4N4O5/c17-14(18)16(19,20)15(28)23-11(12(21)26)13(27)22-8-1-3-9(4-2-8)24-5-6-29-7-10(24)25/h1-4,11,14H,5-7H2,(H2,21,26)(H,22,27)(H,23,28)/t11-/m0/s1. The number of hydrogen-bond acceptors (Lipinski definition) is 5. The molecule has 1 atom stereocenters. The van der Waals surface area contributed by atoms with Crippen molar-refractivity contribution in [3.05, 3.63) is 24.3 Å². The number of nitrogens with zero attached hydrogens (tertiary/aromatic N) is 1. The van der Waals surface area contributed by atoms with Crippen LogP contribution in [0.5, 0.6) is 0 Å². The van der Waals surface area contributed by atoms with E-state index in [-0.39, 0.29) is 18.2 Å². The van der Waals surface area contributed by atoms with Gasteiger partial charge in [-0.3, -0.25) is 19.2 Å². The second-order valence-electron chi connectivity index (χ2n) is 5.87. The van der Waals surface area contributed by atoms with Gasteiger partial charge in [0.1, 0.15) is 6.61 Å². The molecule has 1 aromatic carbocycles. The van der Waals surface area contributed by atoms with Gasteiger partial charge in [0.05, 0.1) is 6.61 Å². The number of halogens is 4. The average molecular weight is 420 g/mol. The van der Waals surface area contributed by atoms with Crippen LogP contribution < -0.4 is 21.3 Å². The molecule has 0 aliphatic carbocycles. The van der Waals surface area contributed by atoms with Crippen molar-refractivity contribution in [3.8, 4) is 0 Å². The number of rotatable bonds is 7. The Kier molecular flexibility index (Phi) is 6.74. The Labute approximate surface area is 161 Å². The number of nitrogens with one attached hydrogen (secondary N) is 2. The Morgan fingerprint density at radius 1 is 1.17 bits per heavy atom. The number of alkyl halides is 4. The molecule has 9 nitrogen and oxygen atoms in total. The number of benzene rings is 1. The van der Waals surface area contributed by atoms with E-state index in [1.165, 1.54) is 34.5 Å². The molecule has 29 heavy (non-hydrogen) atoms. The number of morpholine rings is 1. The van der Waals surface area contributed by atoms with Gasteiger partial charge in [0.25, 0.3) is 17.7 Å². The number of carbonyl (C=O) groups is 4. The highest BCUT2D eigenvalue weighted by Crippen LogP contribution is 2.23. The lowest BCUT2D eigenvalue weighted by Crippen LogP contribution is -2.57. The van der Waals surface area contributed by atoms with E-state index in [1.807, 2.05) is 0 Å². The van der Waals surface area contributed by atoms with E-state index in [1.54, 1.807) is 0 Å². The zero-order valence-corrected chi connectivity index (χ0v) is 14.7. The maximum absolute atomic E-state index is 13.0. The minimum absolute atomic E-state index is 0.0700. The van der Waals surface area contributed by atoms with E-state index in [0.717, 1.165) is 0 Å². The van der Waals surface area contributed by atoms with E-state index in [2.05, 4.69) is 5.32 Å². The second kappa shape index (κ2) is 8.86. The number of carbonyl (C=O) groups excluding carboxylic acids is 4. The summed E-state index contributed by atoms with van der Waals surface area (Å²) in [5, 5.41) is 3.34. The van der Waals surface area contributed by atoms with Gasteiger partial charge in [-0.1, -0.05) is 0 Å². The summed E-state index contributed by atoms with van der Waals surface area (Å²) in [6.45, 7) is 0.577. The van der Waals surface area contributed by atoms with Crippen molar-refractivity contribution < 1.29 is 41.5 Å². The molecule has 1 aliphatic heterocycles. The van der Waals surface area contributed by atoms with Gasteiger partial charge in [-0.25, -0.2) is 8.78 Å². The van der Waals surface area contributed by atoms with Crippen LogP contribution >= 0.6 is 0 Å². The highest BCUT2D eigenvalue weighted by Gasteiger charge is 2.50. The number of nitrogens with two attached hydrogens (primary N) is 1. The van der Waals surface area contributed by atoms with E-state index >= 15 is 0 Å². The summed E-state index contributed by atoms with van der Waals surface area (Å²) in [5.74, 6) is -10.7. The molecule has 0 aromatic heterocycles. The Balaban J connectivity index is 2.07. The molecule has 13 heteroatoms. The first kappa shape index (κ1) is 22.1. The average Bonchev–Trinajstić information content (AvgIpc) is 2.66. The lowest BCUT2D eigenvalue weighted by atomic mass is 10.2. The highest BCUT2D eigenvalue weighted by atomic mass is 19.3. The van der Waals surface area contributed by atoms with Crippen LogP contribution in [0.15, 0.2) is 24.3 Å². The molecule has 0 spiro atoms. The fourth-order valence-corrected chi connectivity index (χ4v) is 2.32. The molecular formula is C16H16F4N4O5. The quantitative estimate of drug-likeness (QED) is 0.418. The van der Waals surface area contributed by atoms with Crippen molar-refractivity contribution in [1.29, 1.82) is 0 Å². The first-order valence-electron chi connectivity index (χ1n) is 8.09. The van der Waals surface area contributed by atoms with Gasteiger partial charge in [-0.15, -0.1) is 0 Å². The van der Waals surface area contributed by atoms with Crippen LogP contribution in [-0.2, 0) is 23.9 Å². The van der Waals surface area contributed by atoms with Crippen molar-refractivity contribution in [2.45, 2.75) is 18.4 Å². The Morgan fingerprint density at radius 3 is 2.31 bits per heavy atom. The third-order valence-electron chi connectivity index (χ3n) is 3.83. The maximum atomic E-state index is 13.0. The number of hydrogen-bond donors (Lipinski definition) is 3. The fourth-order valence-electron chi connectivity index (χ4n) is 2.32. The molecule has 1 fully saturated rings. The molecule has 1 aromatic rings. The molecule has 0 saturated carbocycles. The van der Waals surface area contributed by atoms with E-state index in [4.69, 9.17) is 10.5 Å². The van der Waals surface area contributed by atoms with Gasteiger partial charge in [0.2, 0.25) is 5.91 Å². The molecule has 4 amide bonds. The monoisotopic (exact) mass is 420 g/mol. The molecule has 158 valence electrons. The molecule has 1 heterocycles. The normalized spacial score (nSPS) is 15.8. The van der Waals surface area contributed by atoms with Gasteiger partial charge in [-0.2, -0.15) is 8.78 Å². The van der Waals surface area contributed by atoms with Crippen molar-refractivity contribution >= 4 is 35.0 Å². The third kappa shape index (κ3) is 5.19. The molecule has 1 aliphatic rings. The van der Waals surface area contributed by atoms with Crippen LogP contribution in [0.4, 0.5) is 28.9 Å². The topological polar surface area (TPSA) is 131 Å². The Bertz CT molecular complexity index is 803. The minimum atomic E-state index is -5.11. The van der Waals surface area contributed by atoms with E-state index in [9.17, 15) is 36.7 Å². The largest absolute Gasteiger partial charge is 0.383 e. The lowest BCUT2D eigenvalue weighted by Gasteiger charge is -2.27. The van der Waals surface area contributed by atoms with Gasteiger partial charge < -0.3 is 26.0 Å². The number of primary amides is 1. The highest BCUT2D eigenvalue weighted by molar-refractivity contribution is 6.12. The maximum Gasteiger partial charge on any atom is 0.383 e. The van der Waals surface area contributed by atoms with Crippen molar-refractivity contribution in [2.75, 3.05) is 30.0 Å². The van der Waals surface area contributed by atoms with Gasteiger partial charge >= 0.3 is 12.3 Å². The molecule has 0 unspecified atom stereocenters. The van der Waals surface area contributed by atoms with Crippen LogP contribution in [0.3, 0.4) is 0 Å². The fraction of sp³-hybridized carbons (Fsp3) is 0.375. The van der Waals surface area contributed by atoms with Crippen LogP contribution in [0.25, 0.3) is 0 Å². The summed E-state index contributed by atoms with van der Waals surface area (Å²) in [7, 11) is 0. The van der Waals surface area contributed by atoms with Crippen molar-refractivity contribution in [3.63, 3.8) is 0 Å². The van der Waals surface area contributed by atoms with Crippen LogP contribution in [0, 0.1) is 0 Å². The molecular weight excluding hydrogens is 404 g/mol. The van der Waals surface area contributed by atoms with Gasteiger partial charge in [0.15, 0.2) is 6.04 Å². The zero-order chi connectivity index (χ0) is 21.8. The number of ether oxygens (including phenoxy) is 1. The third-order valence-corrected chi connectivity index (χ3v) is 3.83. The van der Waals surface area contributed by atoms with Gasteiger partial charge in [0, 0.05) is 17.9 Å². The smallest absolute Gasteiger partial charge is 0.370 e. The minimum Gasteiger partial charge on any atom is -0.370 e. The molecule has 0 radical (unpaired) electrons. The molecule has 0 bridgehead atoms. The molecule has 1 saturated heterocycles. The lowest BCUT2D eigenvalue weighted by molar-refractivity contribution is -0.171. The van der Waals surface area contributed by atoms with E-state index < -0.39 is 36.1 Å². The predicted octanol–water partition coefficient (Wildman–Crippen LogP) is -0.141. The number of anilines is 2. The summed E-state index contributed by atoms with van der Waals surface area (Å²) >= 11 is 0. The Morgan fingerprint density at radius 2 is 1.79 bits per heavy atom. The van der Waals surface area contributed by atoms with Crippen molar-refractivity contribution in [2.24, 2.45) is 5.73 Å². The van der Waals surface area contributed by atoms with Crippen LogP contribution in [0.2, 0.25) is 0 Å². The van der Waals surface area contributed by atoms with E-state index in [0.29, 0.717) is 18.8 Å².